The van der Waals surface area contributed by atoms with Crippen LogP contribution in [0.1, 0.15) is 13.3 Å². The molecule has 3 amide bonds. The van der Waals surface area contributed by atoms with Gasteiger partial charge >= 0.3 is 6.03 Å². The van der Waals surface area contributed by atoms with Gasteiger partial charge in [-0.15, -0.1) is 0 Å². The molecule has 5 heteroatoms. The predicted molar refractivity (Wildman–Crippen MR) is 44.1 cm³/mol. The van der Waals surface area contributed by atoms with Crippen LogP contribution in [-0.4, -0.2) is 42.1 Å². The number of amides is 3. The summed E-state index contributed by atoms with van der Waals surface area (Å²) in [6.45, 7) is 2.80. The van der Waals surface area contributed by atoms with Crippen molar-refractivity contribution in [3.8, 4) is 0 Å². The molecule has 0 aromatic rings. The summed E-state index contributed by atoms with van der Waals surface area (Å²) in [5.74, 6) is -0.138. The van der Waals surface area contributed by atoms with Gasteiger partial charge in [0, 0.05) is 6.61 Å². The number of imide groups is 1. The molecular formula is C8H12N2O3. The van der Waals surface area contributed by atoms with Gasteiger partial charge < -0.3 is 10.1 Å². The smallest absolute Gasteiger partial charge is 0.325 e. The van der Waals surface area contributed by atoms with E-state index in [-0.39, 0.29) is 24.0 Å². The Bertz CT molecular complexity index is 248. The Balaban J connectivity index is 2.13. The molecule has 13 heavy (non-hydrogen) atoms. The van der Waals surface area contributed by atoms with Gasteiger partial charge in [-0.25, -0.2) is 4.79 Å². The van der Waals surface area contributed by atoms with Crippen LogP contribution in [0.15, 0.2) is 0 Å². The highest BCUT2D eigenvalue weighted by molar-refractivity contribution is 6.04. The number of hydrogen-bond acceptors (Lipinski definition) is 3. The maximum absolute atomic E-state index is 11.5. The lowest BCUT2D eigenvalue weighted by molar-refractivity contribution is -0.128. The standard InChI is InChI=1S/C8H12N2O3/c1-5-7(11)10(8(12)9-5)6-2-3-13-4-6/h5-6H,2-4H2,1H3,(H,9,12)/t5-,6?/m1/s1. The molecule has 2 aliphatic rings. The van der Waals surface area contributed by atoms with Crippen molar-refractivity contribution < 1.29 is 14.3 Å². The third-order valence-corrected chi connectivity index (χ3v) is 2.44. The normalized spacial score (nSPS) is 34.1. The molecule has 1 N–H and O–H groups in total. The molecule has 2 rings (SSSR count). The Morgan fingerprint density at radius 3 is 2.77 bits per heavy atom. The van der Waals surface area contributed by atoms with Gasteiger partial charge in [0.15, 0.2) is 0 Å². The topological polar surface area (TPSA) is 58.6 Å². The number of carbonyl (C=O) groups is 2. The number of rotatable bonds is 1. The number of hydrogen-bond donors (Lipinski definition) is 1. The molecule has 5 nitrogen and oxygen atoms in total. The SMILES string of the molecule is C[C@H]1NC(=O)N(C2CCOC2)C1=O. The van der Waals surface area contributed by atoms with E-state index in [2.05, 4.69) is 5.32 Å². The minimum Gasteiger partial charge on any atom is -0.379 e. The lowest BCUT2D eigenvalue weighted by atomic mass is 10.2. The summed E-state index contributed by atoms with van der Waals surface area (Å²) >= 11 is 0. The van der Waals surface area contributed by atoms with Crippen molar-refractivity contribution in [3.63, 3.8) is 0 Å². The van der Waals surface area contributed by atoms with Crippen molar-refractivity contribution in [2.75, 3.05) is 13.2 Å². The first-order valence-corrected chi connectivity index (χ1v) is 4.41. The summed E-state index contributed by atoms with van der Waals surface area (Å²) in [7, 11) is 0. The molecule has 1 unspecified atom stereocenters. The number of urea groups is 1. The maximum atomic E-state index is 11.5. The average Bonchev–Trinajstić information content (AvgIpc) is 2.63. The number of carbonyl (C=O) groups excluding carboxylic acids is 2. The van der Waals surface area contributed by atoms with Gasteiger partial charge in [-0.05, 0) is 13.3 Å². The Morgan fingerprint density at radius 2 is 2.31 bits per heavy atom. The molecule has 0 saturated carbocycles. The summed E-state index contributed by atoms with van der Waals surface area (Å²) < 4.78 is 5.13. The fraction of sp³-hybridized carbons (Fsp3) is 0.750. The van der Waals surface area contributed by atoms with Crippen molar-refractivity contribution in [2.45, 2.75) is 25.4 Å². The molecule has 0 aromatic carbocycles. The predicted octanol–water partition coefficient (Wildman–Crippen LogP) is -0.284. The molecule has 2 fully saturated rings. The summed E-state index contributed by atoms with van der Waals surface area (Å²) in [6, 6.07) is -0.724. The maximum Gasteiger partial charge on any atom is 0.325 e. The van der Waals surface area contributed by atoms with Crippen LogP contribution in [0.25, 0.3) is 0 Å². The van der Waals surface area contributed by atoms with Crippen LogP contribution >= 0.6 is 0 Å². The van der Waals surface area contributed by atoms with E-state index in [0.717, 1.165) is 6.42 Å². The van der Waals surface area contributed by atoms with Crippen molar-refractivity contribution in [3.05, 3.63) is 0 Å². The summed E-state index contributed by atoms with van der Waals surface area (Å²) in [5, 5.41) is 2.58. The van der Waals surface area contributed by atoms with E-state index in [4.69, 9.17) is 4.74 Å². The molecule has 2 saturated heterocycles. The molecule has 2 atom stereocenters. The van der Waals surface area contributed by atoms with Crippen molar-refractivity contribution >= 4 is 11.9 Å². The minimum absolute atomic E-state index is 0.0579. The van der Waals surface area contributed by atoms with Gasteiger partial charge in [0.2, 0.25) is 0 Å². The first-order valence-electron chi connectivity index (χ1n) is 4.41. The van der Waals surface area contributed by atoms with Gasteiger partial charge in [0.1, 0.15) is 6.04 Å². The van der Waals surface area contributed by atoms with Crippen molar-refractivity contribution in [1.82, 2.24) is 10.2 Å². The monoisotopic (exact) mass is 184 g/mol. The Kier molecular flexibility index (Phi) is 1.95. The fourth-order valence-corrected chi connectivity index (χ4v) is 1.70. The number of ether oxygens (including phenoxy) is 1. The molecule has 0 aromatic heterocycles. The second kappa shape index (κ2) is 2.99. The van der Waals surface area contributed by atoms with Crippen LogP contribution in [0.5, 0.6) is 0 Å². The zero-order chi connectivity index (χ0) is 9.42. The lowest BCUT2D eigenvalue weighted by Gasteiger charge is -2.18. The highest BCUT2D eigenvalue weighted by Crippen LogP contribution is 2.17. The second-order valence-corrected chi connectivity index (χ2v) is 3.40. The van der Waals surface area contributed by atoms with E-state index < -0.39 is 0 Å². The lowest BCUT2D eigenvalue weighted by Crippen LogP contribution is -2.41. The van der Waals surface area contributed by atoms with E-state index in [1.165, 1.54) is 4.90 Å². The Hall–Kier alpha value is -1.10. The molecule has 2 aliphatic heterocycles. The van der Waals surface area contributed by atoms with Crippen LogP contribution in [0.3, 0.4) is 0 Å². The quantitative estimate of drug-likeness (QED) is 0.570. The average molecular weight is 184 g/mol. The van der Waals surface area contributed by atoms with E-state index in [1.807, 2.05) is 0 Å². The van der Waals surface area contributed by atoms with Crippen LogP contribution in [0.2, 0.25) is 0 Å². The van der Waals surface area contributed by atoms with Crippen LogP contribution in [0.4, 0.5) is 4.79 Å². The summed E-state index contributed by atoms with van der Waals surface area (Å²) in [6.07, 6.45) is 0.756. The van der Waals surface area contributed by atoms with Crippen LogP contribution in [0, 0.1) is 0 Å². The van der Waals surface area contributed by atoms with Gasteiger partial charge in [-0.1, -0.05) is 0 Å². The number of nitrogens with one attached hydrogen (secondary N) is 1. The zero-order valence-corrected chi connectivity index (χ0v) is 7.45. The summed E-state index contributed by atoms with van der Waals surface area (Å²) in [5.41, 5.74) is 0. The molecular weight excluding hydrogens is 172 g/mol. The van der Waals surface area contributed by atoms with Crippen molar-refractivity contribution in [2.24, 2.45) is 0 Å². The van der Waals surface area contributed by atoms with E-state index in [0.29, 0.717) is 13.2 Å². The number of nitrogens with zero attached hydrogens (tertiary/aromatic N) is 1. The Labute approximate surface area is 76.0 Å². The zero-order valence-electron chi connectivity index (χ0n) is 7.45. The third-order valence-electron chi connectivity index (χ3n) is 2.44. The summed E-state index contributed by atoms with van der Waals surface area (Å²) in [4.78, 5) is 24.1. The fourth-order valence-electron chi connectivity index (χ4n) is 1.70. The highest BCUT2D eigenvalue weighted by Gasteiger charge is 2.40. The van der Waals surface area contributed by atoms with Gasteiger partial charge in [-0.3, -0.25) is 9.69 Å². The molecule has 72 valence electrons. The third kappa shape index (κ3) is 1.29. The van der Waals surface area contributed by atoms with Crippen molar-refractivity contribution in [1.29, 1.82) is 0 Å². The van der Waals surface area contributed by atoms with Crippen LogP contribution in [-0.2, 0) is 9.53 Å². The van der Waals surface area contributed by atoms with Crippen LogP contribution < -0.4 is 5.32 Å². The highest BCUT2D eigenvalue weighted by atomic mass is 16.5. The molecule has 0 bridgehead atoms. The van der Waals surface area contributed by atoms with E-state index in [9.17, 15) is 9.59 Å². The first kappa shape index (κ1) is 8.50. The van der Waals surface area contributed by atoms with Gasteiger partial charge in [0.25, 0.3) is 5.91 Å². The van der Waals surface area contributed by atoms with E-state index >= 15 is 0 Å². The van der Waals surface area contributed by atoms with E-state index in [1.54, 1.807) is 6.92 Å². The van der Waals surface area contributed by atoms with Gasteiger partial charge in [0.05, 0.1) is 12.6 Å². The first-order chi connectivity index (χ1) is 6.20. The van der Waals surface area contributed by atoms with Gasteiger partial charge in [-0.2, -0.15) is 0 Å². The largest absolute Gasteiger partial charge is 0.379 e. The molecule has 0 spiro atoms. The molecule has 0 aliphatic carbocycles. The second-order valence-electron chi connectivity index (χ2n) is 3.40. The molecule has 2 heterocycles. The Morgan fingerprint density at radius 1 is 1.54 bits per heavy atom. The minimum atomic E-state index is -0.381. The molecule has 0 radical (unpaired) electrons.